The Morgan fingerprint density at radius 1 is 1.43 bits per heavy atom. The molecular weight excluding hydrogens is 285 g/mol. The van der Waals surface area contributed by atoms with Crippen molar-refractivity contribution in [1.29, 1.82) is 0 Å². The van der Waals surface area contributed by atoms with Gasteiger partial charge < -0.3 is 15.0 Å². The van der Waals surface area contributed by atoms with Gasteiger partial charge in [-0.1, -0.05) is 0 Å². The number of alkyl halides is 3. The van der Waals surface area contributed by atoms with Crippen molar-refractivity contribution in [2.24, 2.45) is 0 Å². The number of rotatable bonds is 5. The summed E-state index contributed by atoms with van der Waals surface area (Å²) in [5, 5.41) is 2.80. The quantitative estimate of drug-likeness (QED) is 0.906. The van der Waals surface area contributed by atoms with Gasteiger partial charge in [0, 0.05) is 32.8 Å². The molecule has 8 heteroatoms. The van der Waals surface area contributed by atoms with Gasteiger partial charge in [0.1, 0.15) is 11.6 Å². The molecule has 1 unspecified atom stereocenters. The van der Waals surface area contributed by atoms with E-state index in [9.17, 15) is 13.2 Å². The first kappa shape index (κ1) is 15.8. The van der Waals surface area contributed by atoms with Crippen LogP contribution in [0.25, 0.3) is 0 Å². The molecule has 2 rings (SSSR count). The zero-order valence-corrected chi connectivity index (χ0v) is 12.1. The molecule has 1 aliphatic rings. The van der Waals surface area contributed by atoms with E-state index in [1.165, 1.54) is 6.07 Å². The van der Waals surface area contributed by atoms with E-state index in [2.05, 4.69) is 15.3 Å². The van der Waals surface area contributed by atoms with Crippen molar-refractivity contribution in [3.8, 4) is 0 Å². The molecule has 0 saturated carbocycles. The number of hydrogen-bond donors (Lipinski definition) is 1. The summed E-state index contributed by atoms with van der Waals surface area (Å²) in [7, 11) is 1.71. The Hall–Kier alpha value is -1.57. The number of nitrogens with zero attached hydrogens (tertiary/aromatic N) is 3. The lowest BCUT2D eigenvalue weighted by atomic mass is 10.2. The topological polar surface area (TPSA) is 50.3 Å². The van der Waals surface area contributed by atoms with Crippen molar-refractivity contribution in [1.82, 2.24) is 9.97 Å². The lowest BCUT2D eigenvalue weighted by molar-refractivity contribution is -0.144. The largest absolute Gasteiger partial charge is 0.451 e. The SMILES string of the molecule is CCNc1cc(N(C)CC2CCCO2)nc(C(F)(F)F)n1. The zero-order valence-electron chi connectivity index (χ0n) is 12.1. The second-order valence-corrected chi connectivity index (χ2v) is 4.98. The molecule has 118 valence electrons. The van der Waals surface area contributed by atoms with Gasteiger partial charge in [0.05, 0.1) is 6.10 Å². The summed E-state index contributed by atoms with van der Waals surface area (Å²) in [6.07, 6.45) is -2.62. The summed E-state index contributed by atoms with van der Waals surface area (Å²) < 4.78 is 44.1. The smallest absolute Gasteiger partial charge is 0.376 e. The Bertz CT molecular complexity index is 475. The molecule has 1 N–H and O–H groups in total. The van der Waals surface area contributed by atoms with Crippen LogP contribution in [0.5, 0.6) is 0 Å². The maximum absolute atomic E-state index is 12.9. The minimum atomic E-state index is -4.56. The number of hydrogen-bond acceptors (Lipinski definition) is 5. The van der Waals surface area contributed by atoms with E-state index in [1.807, 2.05) is 0 Å². The van der Waals surface area contributed by atoms with Crippen molar-refractivity contribution in [3.05, 3.63) is 11.9 Å². The van der Waals surface area contributed by atoms with Gasteiger partial charge in [-0.05, 0) is 19.8 Å². The van der Waals surface area contributed by atoms with Crippen LogP contribution in [0.2, 0.25) is 0 Å². The maximum atomic E-state index is 12.9. The first-order chi connectivity index (χ1) is 9.90. The van der Waals surface area contributed by atoms with E-state index in [0.717, 1.165) is 12.8 Å². The highest BCUT2D eigenvalue weighted by Gasteiger charge is 2.36. The number of aromatic nitrogens is 2. The standard InChI is InChI=1S/C13H19F3N4O/c1-3-17-10-7-11(19-12(18-10)13(14,15)16)20(2)8-9-5-4-6-21-9/h7,9H,3-6,8H2,1-2H3,(H,17,18,19). The molecule has 1 saturated heterocycles. The van der Waals surface area contributed by atoms with Gasteiger partial charge in [-0.2, -0.15) is 13.2 Å². The van der Waals surface area contributed by atoms with E-state index < -0.39 is 12.0 Å². The molecule has 1 aliphatic heterocycles. The Morgan fingerprint density at radius 2 is 2.19 bits per heavy atom. The molecule has 1 atom stereocenters. The highest BCUT2D eigenvalue weighted by molar-refractivity contribution is 5.49. The van der Waals surface area contributed by atoms with Gasteiger partial charge in [0.15, 0.2) is 0 Å². The van der Waals surface area contributed by atoms with Gasteiger partial charge in [-0.3, -0.25) is 0 Å². The molecule has 0 spiro atoms. The Morgan fingerprint density at radius 3 is 2.76 bits per heavy atom. The number of halogens is 3. The number of anilines is 2. The average Bonchev–Trinajstić information content (AvgIpc) is 2.90. The molecule has 1 fully saturated rings. The molecule has 1 aromatic heterocycles. The molecule has 0 aliphatic carbocycles. The Labute approximate surface area is 121 Å². The highest BCUT2D eigenvalue weighted by atomic mass is 19.4. The third-order valence-corrected chi connectivity index (χ3v) is 3.22. The van der Waals surface area contributed by atoms with Crippen molar-refractivity contribution in [2.45, 2.75) is 32.0 Å². The van der Waals surface area contributed by atoms with Crippen molar-refractivity contribution >= 4 is 11.6 Å². The third-order valence-electron chi connectivity index (χ3n) is 3.22. The molecule has 0 radical (unpaired) electrons. The lowest BCUT2D eigenvalue weighted by Crippen LogP contribution is -2.30. The maximum Gasteiger partial charge on any atom is 0.451 e. The number of nitrogens with one attached hydrogen (secondary N) is 1. The highest BCUT2D eigenvalue weighted by Crippen LogP contribution is 2.29. The minimum Gasteiger partial charge on any atom is -0.376 e. The molecule has 0 amide bonds. The van der Waals surface area contributed by atoms with Crippen molar-refractivity contribution in [3.63, 3.8) is 0 Å². The zero-order chi connectivity index (χ0) is 15.5. The fourth-order valence-electron chi connectivity index (χ4n) is 2.22. The summed E-state index contributed by atoms with van der Waals surface area (Å²) in [6, 6.07) is 1.52. The Kier molecular flexibility index (Phi) is 4.87. The van der Waals surface area contributed by atoms with Crippen LogP contribution in [0.3, 0.4) is 0 Å². The second kappa shape index (κ2) is 6.46. The van der Waals surface area contributed by atoms with Crippen LogP contribution in [0.15, 0.2) is 6.07 Å². The van der Waals surface area contributed by atoms with Crippen LogP contribution >= 0.6 is 0 Å². The van der Waals surface area contributed by atoms with Crippen LogP contribution < -0.4 is 10.2 Å². The first-order valence-electron chi connectivity index (χ1n) is 6.93. The normalized spacial score (nSPS) is 18.8. The van der Waals surface area contributed by atoms with Crippen molar-refractivity contribution in [2.75, 3.05) is 37.0 Å². The van der Waals surface area contributed by atoms with E-state index in [-0.39, 0.29) is 17.7 Å². The summed E-state index contributed by atoms with van der Waals surface area (Å²) in [6.45, 7) is 3.51. The van der Waals surface area contributed by atoms with Crippen molar-refractivity contribution < 1.29 is 17.9 Å². The predicted molar refractivity (Wildman–Crippen MR) is 73.4 cm³/mol. The van der Waals surface area contributed by atoms with Gasteiger partial charge in [0.2, 0.25) is 5.82 Å². The van der Waals surface area contributed by atoms with E-state index in [0.29, 0.717) is 19.7 Å². The summed E-state index contributed by atoms with van der Waals surface area (Å²) >= 11 is 0. The number of ether oxygens (including phenoxy) is 1. The predicted octanol–water partition coefficient (Wildman–Crippen LogP) is 2.54. The van der Waals surface area contributed by atoms with Crippen LogP contribution in [0.4, 0.5) is 24.8 Å². The first-order valence-corrected chi connectivity index (χ1v) is 6.93. The molecule has 5 nitrogen and oxygen atoms in total. The summed E-state index contributed by atoms with van der Waals surface area (Å²) in [4.78, 5) is 8.80. The molecular formula is C13H19F3N4O. The monoisotopic (exact) mass is 304 g/mol. The molecule has 0 aromatic carbocycles. The van der Waals surface area contributed by atoms with Gasteiger partial charge in [-0.25, -0.2) is 9.97 Å². The van der Waals surface area contributed by atoms with Gasteiger partial charge >= 0.3 is 6.18 Å². The third kappa shape index (κ3) is 4.20. The Balaban J connectivity index is 2.21. The fraction of sp³-hybridized carbons (Fsp3) is 0.692. The molecule has 1 aromatic rings. The van der Waals surface area contributed by atoms with Crippen LogP contribution in [0.1, 0.15) is 25.6 Å². The average molecular weight is 304 g/mol. The van der Waals surface area contributed by atoms with Gasteiger partial charge in [-0.15, -0.1) is 0 Å². The fourth-order valence-corrected chi connectivity index (χ4v) is 2.22. The van der Waals surface area contributed by atoms with Crippen LogP contribution in [0, 0.1) is 0 Å². The van der Waals surface area contributed by atoms with Crippen LogP contribution in [-0.4, -0.2) is 42.8 Å². The molecule has 21 heavy (non-hydrogen) atoms. The van der Waals surface area contributed by atoms with E-state index in [4.69, 9.17) is 4.74 Å². The molecule has 0 bridgehead atoms. The summed E-state index contributed by atoms with van der Waals surface area (Å²) in [5.41, 5.74) is 0. The summed E-state index contributed by atoms with van der Waals surface area (Å²) in [5.74, 6) is -0.715. The second-order valence-electron chi connectivity index (χ2n) is 4.98. The van der Waals surface area contributed by atoms with Crippen LogP contribution in [-0.2, 0) is 10.9 Å². The van der Waals surface area contributed by atoms with E-state index in [1.54, 1.807) is 18.9 Å². The molecule has 2 heterocycles. The van der Waals surface area contributed by atoms with E-state index >= 15 is 0 Å². The van der Waals surface area contributed by atoms with Gasteiger partial charge in [0.25, 0.3) is 0 Å². The lowest BCUT2D eigenvalue weighted by Gasteiger charge is -2.23. The number of likely N-dealkylation sites (N-methyl/N-ethyl adjacent to an activating group) is 1. The minimum absolute atomic E-state index is 0.0434.